The first-order valence-electron chi connectivity index (χ1n) is 13.2. The third-order valence-electron chi connectivity index (χ3n) is 7.30. The van der Waals surface area contributed by atoms with Crippen LogP contribution < -0.4 is 16.0 Å². The first-order valence-corrected chi connectivity index (χ1v) is 13.2. The summed E-state index contributed by atoms with van der Waals surface area (Å²) in [5.41, 5.74) is -0.683. The number of carboxylic acid groups (broad SMARTS) is 1. The normalized spacial score (nSPS) is 21.4. The van der Waals surface area contributed by atoms with Crippen LogP contribution in [0.1, 0.15) is 63.4 Å². The van der Waals surface area contributed by atoms with Crippen molar-refractivity contribution in [1.29, 1.82) is 0 Å². The molecule has 1 aromatic heterocycles. The van der Waals surface area contributed by atoms with Gasteiger partial charge >= 0.3 is 12.1 Å². The summed E-state index contributed by atoms with van der Waals surface area (Å²) in [5, 5.41) is 18.0. The summed E-state index contributed by atoms with van der Waals surface area (Å²) >= 11 is 0. The van der Waals surface area contributed by atoms with Gasteiger partial charge in [-0.15, -0.1) is 0 Å². The molecule has 3 rings (SSSR count). The van der Waals surface area contributed by atoms with Gasteiger partial charge < -0.3 is 30.7 Å². The number of carboxylic acids is 1. The van der Waals surface area contributed by atoms with Crippen molar-refractivity contribution in [2.75, 3.05) is 20.2 Å². The van der Waals surface area contributed by atoms with Gasteiger partial charge in [0.2, 0.25) is 11.8 Å². The van der Waals surface area contributed by atoms with Crippen LogP contribution in [-0.2, 0) is 19.1 Å². The van der Waals surface area contributed by atoms with Crippen LogP contribution in [0.2, 0.25) is 0 Å². The number of nitrogens with one attached hydrogen (secondary N) is 3. The van der Waals surface area contributed by atoms with Crippen LogP contribution in [0.3, 0.4) is 0 Å². The lowest BCUT2D eigenvalue weighted by molar-refractivity contribution is -0.142. The lowest BCUT2D eigenvalue weighted by Gasteiger charge is -2.35. The van der Waals surface area contributed by atoms with Gasteiger partial charge in [-0.1, -0.05) is 40.0 Å². The molecule has 2 fully saturated rings. The van der Waals surface area contributed by atoms with Gasteiger partial charge in [-0.3, -0.25) is 24.2 Å². The second-order valence-electron chi connectivity index (χ2n) is 11.2. The highest BCUT2D eigenvalue weighted by Gasteiger charge is 2.44. The van der Waals surface area contributed by atoms with Crippen molar-refractivity contribution >= 4 is 29.8 Å². The van der Waals surface area contributed by atoms with Crippen molar-refractivity contribution in [3.05, 3.63) is 24.3 Å². The molecule has 0 aromatic carbocycles. The fraction of sp³-hybridized carbons (Fsp3) is 0.654. The molecule has 1 aliphatic heterocycles. The maximum atomic E-state index is 13.7. The van der Waals surface area contributed by atoms with Crippen LogP contribution >= 0.6 is 0 Å². The number of aliphatic carboxylic acids is 1. The van der Waals surface area contributed by atoms with Gasteiger partial charge in [0.25, 0.3) is 5.91 Å². The summed E-state index contributed by atoms with van der Waals surface area (Å²) in [6, 6.07) is -2.82. The number of aromatic nitrogens is 2. The molecule has 2 heterocycles. The number of carbonyl (C=O) groups excluding carboxylic acids is 4. The minimum atomic E-state index is -1.16. The number of ether oxygens (including phenoxy) is 1. The molecule has 0 bridgehead atoms. The van der Waals surface area contributed by atoms with Crippen LogP contribution in [0.4, 0.5) is 4.79 Å². The summed E-state index contributed by atoms with van der Waals surface area (Å²) in [4.78, 5) is 73.0. The second-order valence-corrected chi connectivity index (χ2v) is 11.2. The van der Waals surface area contributed by atoms with Gasteiger partial charge in [0.1, 0.15) is 17.8 Å². The molecule has 2 aliphatic rings. The fourth-order valence-electron chi connectivity index (χ4n) is 5.15. The Balaban J connectivity index is 1.78. The average Bonchev–Trinajstić information content (AvgIpc) is 3.34. The molecule has 0 unspecified atom stereocenters. The van der Waals surface area contributed by atoms with Crippen LogP contribution in [0.5, 0.6) is 0 Å². The van der Waals surface area contributed by atoms with Crippen LogP contribution in [0.15, 0.2) is 18.6 Å². The van der Waals surface area contributed by atoms with E-state index in [1.54, 1.807) is 20.8 Å². The lowest BCUT2D eigenvalue weighted by atomic mass is 9.82. The lowest BCUT2D eigenvalue weighted by Crippen LogP contribution is -2.61. The number of methoxy groups -OCH3 is 1. The predicted molar refractivity (Wildman–Crippen MR) is 138 cm³/mol. The molecule has 1 saturated carbocycles. The van der Waals surface area contributed by atoms with Crippen LogP contribution in [-0.4, -0.2) is 88.1 Å². The highest BCUT2D eigenvalue weighted by molar-refractivity contribution is 5.97. The van der Waals surface area contributed by atoms with Crippen molar-refractivity contribution in [2.24, 2.45) is 17.3 Å². The SMILES string of the molecule is COC(=O)N1C[C@H](NC(=O)[C@@H](NC(=O)[C@@H](NC(=O)c2cnccn2)C2CCCCC2)C(C)(C)C)[C@H](C(=O)O)C1. The zero-order chi connectivity index (χ0) is 28.7. The minimum absolute atomic E-state index is 0.0426. The first kappa shape index (κ1) is 29.8. The number of hydrogen-bond acceptors (Lipinski definition) is 8. The largest absolute Gasteiger partial charge is 0.481 e. The Bertz CT molecular complexity index is 1050. The summed E-state index contributed by atoms with van der Waals surface area (Å²) in [7, 11) is 1.20. The zero-order valence-corrected chi connectivity index (χ0v) is 22.8. The number of rotatable bonds is 8. The smallest absolute Gasteiger partial charge is 0.409 e. The molecule has 214 valence electrons. The maximum absolute atomic E-state index is 13.7. The van der Waals surface area contributed by atoms with Gasteiger partial charge in [-0.25, -0.2) is 9.78 Å². The van der Waals surface area contributed by atoms with E-state index in [1.807, 2.05) is 0 Å². The minimum Gasteiger partial charge on any atom is -0.481 e. The van der Waals surface area contributed by atoms with Crippen molar-refractivity contribution < 1.29 is 33.8 Å². The van der Waals surface area contributed by atoms with E-state index in [0.29, 0.717) is 0 Å². The average molecular weight is 547 g/mol. The quantitative estimate of drug-likeness (QED) is 0.369. The second kappa shape index (κ2) is 12.9. The Kier molecular flexibility index (Phi) is 9.81. The molecule has 4 amide bonds. The van der Waals surface area contributed by atoms with Crippen molar-refractivity contribution in [1.82, 2.24) is 30.8 Å². The van der Waals surface area contributed by atoms with E-state index < -0.39 is 59.2 Å². The van der Waals surface area contributed by atoms with Gasteiger partial charge in [0.05, 0.1) is 25.3 Å². The van der Waals surface area contributed by atoms with E-state index in [4.69, 9.17) is 4.74 Å². The van der Waals surface area contributed by atoms with Gasteiger partial charge in [-0.05, 0) is 24.2 Å². The Morgan fingerprint density at radius 3 is 2.28 bits per heavy atom. The highest BCUT2D eigenvalue weighted by atomic mass is 16.5. The third kappa shape index (κ3) is 7.64. The van der Waals surface area contributed by atoms with E-state index in [0.717, 1.165) is 32.1 Å². The Morgan fingerprint density at radius 1 is 1.03 bits per heavy atom. The van der Waals surface area contributed by atoms with Gasteiger partial charge in [0, 0.05) is 25.5 Å². The van der Waals surface area contributed by atoms with E-state index >= 15 is 0 Å². The molecule has 0 radical (unpaired) electrons. The summed E-state index contributed by atoms with van der Waals surface area (Å²) in [5.74, 6) is -3.95. The first-order chi connectivity index (χ1) is 18.4. The predicted octanol–water partition coefficient (Wildman–Crippen LogP) is 0.954. The maximum Gasteiger partial charge on any atom is 0.409 e. The third-order valence-corrected chi connectivity index (χ3v) is 7.30. The molecule has 1 aromatic rings. The molecule has 1 aliphatic carbocycles. The molecule has 13 heteroatoms. The zero-order valence-electron chi connectivity index (χ0n) is 22.8. The van der Waals surface area contributed by atoms with E-state index in [9.17, 15) is 29.1 Å². The molecule has 1 saturated heterocycles. The molecular formula is C26H38N6O7. The monoisotopic (exact) mass is 546 g/mol. The van der Waals surface area contributed by atoms with Crippen LogP contribution in [0.25, 0.3) is 0 Å². The van der Waals surface area contributed by atoms with Crippen molar-refractivity contribution in [3.8, 4) is 0 Å². The summed E-state index contributed by atoms with van der Waals surface area (Å²) in [6.07, 6.45) is 7.85. The van der Waals surface area contributed by atoms with Crippen LogP contribution in [0, 0.1) is 17.3 Å². The molecule has 4 atom stereocenters. The van der Waals surface area contributed by atoms with Gasteiger partial charge in [-0.2, -0.15) is 0 Å². The topological polar surface area (TPSA) is 180 Å². The molecule has 0 spiro atoms. The number of amides is 4. The van der Waals surface area contributed by atoms with Crippen molar-refractivity contribution in [2.45, 2.75) is 71.0 Å². The molecule has 4 N–H and O–H groups in total. The number of hydrogen-bond donors (Lipinski definition) is 4. The Labute approximate surface area is 227 Å². The molecule has 13 nitrogen and oxygen atoms in total. The fourth-order valence-corrected chi connectivity index (χ4v) is 5.15. The number of carbonyl (C=O) groups is 5. The van der Waals surface area contributed by atoms with Crippen molar-refractivity contribution in [3.63, 3.8) is 0 Å². The Morgan fingerprint density at radius 2 is 1.72 bits per heavy atom. The highest BCUT2D eigenvalue weighted by Crippen LogP contribution is 2.28. The van der Waals surface area contributed by atoms with E-state index in [-0.39, 0.29) is 24.7 Å². The van der Waals surface area contributed by atoms with Gasteiger partial charge in [0.15, 0.2) is 0 Å². The standard InChI is InChI=1S/C26H38N6O7/c1-26(2,3)20(23(35)29-18-14-32(25(38)39-4)13-16(18)24(36)37)31-22(34)19(15-8-6-5-7-9-15)30-21(33)17-12-27-10-11-28-17/h10-12,15-16,18-20H,5-9,13-14H2,1-4H3,(H,29,35)(H,30,33)(H,31,34)(H,36,37)/t16-,18+,19+,20-/m1/s1. The Hall–Kier alpha value is -3.77. The summed E-state index contributed by atoms with van der Waals surface area (Å²) < 4.78 is 4.70. The van der Waals surface area contributed by atoms with E-state index in [2.05, 4.69) is 25.9 Å². The number of nitrogens with zero attached hydrogens (tertiary/aromatic N) is 3. The molecular weight excluding hydrogens is 508 g/mol. The summed E-state index contributed by atoms with van der Waals surface area (Å²) in [6.45, 7) is 5.16. The molecule has 39 heavy (non-hydrogen) atoms. The number of likely N-dealkylation sites (tertiary alicyclic amines) is 1. The van der Waals surface area contributed by atoms with E-state index in [1.165, 1.54) is 30.6 Å².